The summed E-state index contributed by atoms with van der Waals surface area (Å²) in [6.45, 7) is 8.64. The van der Waals surface area contributed by atoms with Gasteiger partial charge in [-0.25, -0.2) is 8.78 Å². The lowest BCUT2D eigenvalue weighted by molar-refractivity contribution is 0.220. The third-order valence-corrected chi connectivity index (χ3v) is 6.31. The summed E-state index contributed by atoms with van der Waals surface area (Å²) >= 11 is 0. The molecule has 0 atom stereocenters. The Balaban J connectivity index is 1.47. The molecule has 7 heteroatoms. The maximum absolute atomic E-state index is 14.9. The van der Waals surface area contributed by atoms with E-state index in [0.29, 0.717) is 23.5 Å². The van der Waals surface area contributed by atoms with Crippen molar-refractivity contribution in [3.05, 3.63) is 83.8 Å². The fourth-order valence-corrected chi connectivity index (χ4v) is 4.51. The largest absolute Gasteiger partial charge is 0.353 e. The Labute approximate surface area is 197 Å². The molecule has 34 heavy (non-hydrogen) atoms. The number of pyridine rings is 1. The normalized spacial score (nSPS) is 14.4. The van der Waals surface area contributed by atoms with E-state index in [1.54, 1.807) is 18.3 Å². The summed E-state index contributed by atoms with van der Waals surface area (Å²) in [5.74, 6) is -1.66. The molecule has 1 saturated heterocycles. The van der Waals surface area contributed by atoms with E-state index < -0.39 is 11.6 Å². The topological polar surface area (TPSA) is 56.8 Å². The molecule has 0 spiro atoms. The maximum Gasteiger partial charge on any atom is 0.166 e. The number of H-pyrrole nitrogens is 1. The molecule has 174 valence electrons. The number of hydrogen-bond donors (Lipinski definition) is 2. The molecule has 1 aliphatic heterocycles. The zero-order valence-electron chi connectivity index (χ0n) is 19.2. The predicted octanol–water partition coefficient (Wildman–Crippen LogP) is 6.28. The standard InChI is InChI=1S/C27H27F2N5/c1-17-6-8-21(15-30-17)31-18(2)27-23-14-20(7-9-25(23)32-33-27)22-12-19(13-24(28)26(22)29)16-34-10-4-3-5-11-34/h6-9,12-15,31H,2-5,10-11,16H2,1H3,(H,32,33). The highest BCUT2D eigenvalue weighted by Crippen LogP contribution is 2.32. The lowest BCUT2D eigenvalue weighted by Gasteiger charge is -2.26. The minimum atomic E-state index is -0.838. The van der Waals surface area contributed by atoms with Gasteiger partial charge in [-0.05, 0) is 80.4 Å². The number of piperidine rings is 1. The first-order valence-electron chi connectivity index (χ1n) is 11.6. The van der Waals surface area contributed by atoms with Gasteiger partial charge in [0.05, 0.1) is 23.1 Å². The summed E-state index contributed by atoms with van der Waals surface area (Å²) in [7, 11) is 0. The highest BCUT2D eigenvalue weighted by molar-refractivity contribution is 5.95. The van der Waals surface area contributed by atoms with Gasteiger partial charge in [0.1, 0.15) is 5.69 Å². The monoisotopic (exact) mass is 459 g/mol. The van der Waals surface area contributed by atoms with Crippen LogP contribution in [0.3, 0.4) is 0 Å². The van der Waals surface area contributed by atoms with Gasteiger partial charge in [-0.1, -0.05) is 19.1 Å². The van der Waals surface area contributed by atoms with Crippen LogP contribution in [0.1, 0.15) is 36.2 Å². The first kappa shape index (κ1) is 22.2. The predicted molar refractivity (Wildman–Crippen MR) is 132 cm³/mol. The average Bonchev–Trinajstić information content (AvgIpc) is 3.27. The molecule has 1 fully saturated rings. The Hall–Kier alpha value is -3.58. The fourth-order valence-electron chi connectivity index (χ4n) is 4.51. The highest BCUT2D eigenvalue weighted by Gasteiger charge is 2.18. The molecule has 0 amide bonds. The summed E-state index contributed by atoms with van der Waals surface area (Å²) < 4.78 is 29.5. The number of rotatable bonds is 6. The molecule has 2 aromatic carbocycles. The van der Waals surface area contributed by atoms with E-state index in [-0.39, 0.29) is 5.56 Å². The number of likely N-dealkylation sites (tertiary alicyclic amines) is 1. The number of nitrogens with zero attached hydrogens (tertiary/aromatic N) is 3. The summed E-state index contributed by atoms with van der Waals surface area (Å²) in [4.78, 5) is 6.58. The van der Waals surface area contributed by atoms with Crippen molar-refractivity contribution < 1.29 is 8.78 Å². The van der Waals surface area contributed by atoms with Crippen LogP contribution in [0.5, 0.6) is 0 Å². The quantitative estimate of drug-likeness (QED) is 0.356. The first-order valence-corrected chi connectivity index (χ1v) is 11.6. The van der Waals surface area contributed by atoms with Crippen LogP contribution in [0.2, 0.25) is 0 Å². The molecule has 3 heterocycles. The average molecular weight is 460 g/mol. The molecular weight excluding hydrogens is 432 g/mol. The van der Waals surface area contributed by atoms with Crippen LogP contribution in [0.4, 0.5) is 14.5 Å². The fraction of sp³-hybridized carbons (Fsp3) is 0.259. The number of benzene rings is 2. The molecule has 2 aromatic heterocycles. The number of fused-ring (bicyclic) bond motifs is 1. The van der Waals surface area contributed by atoms with Crippen LogP contribution < -0.4 is 5.32 Å². The molecule has 5 nitrogen and oxygen atoms in total. The Morgan fingerprint density at radius 1 is 1.09 bits per heavy atom. The smallest absolute Gasteiger partial charge is 0.166 e. The van der Waals surface area contributed by atoms with Crippen molar-refractivity contribution in [1.82, 2.24) is 20.1 Å². The van der Waals surface area contributed by atoms with Crippen LogP contribution in [0, 0.1) is 18.6 Å². The van der Waals surface area contributed by atoms with Crippen molar-refractivity contribution in [3.8, 4) is 11.1 Å². The van der Waals surface area contributed by atoms with Gasteiger partial charge in [0.15, 0.2) is 11.6 Å². The number of aromatic amines is 1. The highest BCUT2D eigenvalue weighted by atomic mass is 19.2. The van der Waals surface area contributed by atoms with Crippen LogP contribution in [0.15, 0.2) is 55.2 Å². The molecule has 5 rings (SSSR count). The molecular formula is C27H27F2N5. The third kappa shape index (κ3) is 4.56. The van der Waals surface area contributed by atoms with Gasteiger partial charge in [-0.2, -0.15) is 5.10 Å². The van der Waals surface area contributed by atoms with Crippen molar-refractivity contribution in [2.24, 2.45) is 0 Å². The number of hydrogen-bond acceptors (Lipinski definition) is 4. The van der Waals surface area contributed by atoms with E-state index in [4.69, 9.17) is 0 Å². The molecule has 1 aliphatic rings. The summed E-state index contributed by atoms with van der Waals surface area (Å²) in [5, 5.41) is 11.4. The second-order valence-electron chi connectivity index (χ2n) is 8.90. The van der Waals surface area contributed by atoms with Crippen molar-refractivity contribution in [2.45, 2.75) is 32.7 Å². The van der Waals surface area contributed by atoms with Crippen LogP contribution in [0.25, 0.3) is 27.7 Å². The second kappa shape index (κ2) is 9.35. The van der Waals surface area contributed by atoms with Gasteiger partial charge in [-0.3, -0.25) is 15.0 Å². The van der Waals surface area contributed by atoms with Crippen LogP contribution in [-0.2, 0) is 6.54 Å². The van der Waals surface area contributed by atoms with Crippen LogP contribution in [-0.4, -0.2) is 33.2 Å². The summed E-state index contributed by atoms with van der Waals surface area (Å²) in [6.07, 6.45) is 5.25. The second-order valence-corrected chi connectivity index (χ2v) is 8.90. The van der Waals surface area contributed by atoms with E-state index in [1.807, 2.05) is 31.2 Å². The van der Waals surface area contributed by atoms with Crippen LogP contribution >= 0.6 is 0 Å². The van der Waals surface area contributed by atoms with Gasteiger partial charge in [0.2, 0.25) is 0 Å². The number of aryl methyl sites for hydroxylation is 1. The van der Waals surface area contributed by atoms with E-state index in [9.17, 15) is 8.78 Å². The number of nitrogens with one attached hydrogen (secondary N) is 2. The summed E-state index contributed by atoms with van der Waals surface area (Å²) in [6, 6.07) is 12.3. The lowest BCUT2D eigenvalue weighted by Crippen LogP contribution is -2.29. The SMILES string of the molecule is C=C(Nc1ccc(C)nc1)c1n[nH]c2ccc(-c3cc(CN4CCCCC4)cc(F)c3F)cc12. The van der Waals surface area contributed by atoms with E-state index in [0.717, 1.165) is 53.8 Å². The Bertz CT molecular complexity index is 1340. The third-order valence-electron chi connectivity index (χ3n) is 6.31. The zero-order valence-corrected chi connectivity index (χ0v) is 19.2. The van der Waals surface area contributed by atoms with Crippen molar-refractivity contribution in [3.63, 3.8) is 0 Å². The minimum absolute atomic E-state index is 0.252. The van der Waals surface area contributed by atoms with Gasteiger partial charge in [0, 0.05) is 23.2 Å². The van der Waals surface area contributed by atoms with Gasteiger partial charge >= 0.3 is 0 Å². The number of anilines is 1. The molecule has 0 bridgehead atoms. The Morgan fingerprint density at radius 2 is 1.91 bits per heavy atom. The van der Waals surface area contributed by atoms with Gasteiger partial charge in [0.25, 0.3) is 0 Å². The number of halogens is 2. The lowest BCUT2D eigenvalue weighted by atomic mass is 9.99. The van der Waals surface area contributed by atoms with Crippen molar-refractivity contribution in [1.29, 1.82) is 0 Å². The first-order chi connectivity index (χ1) is 16.5. The van der Waals surface area contributed by atoms with Crippen molar-refractivity contribution in [2.75, 3.05) is 18.4 Å². The van der Waals surface area contributed by atoms with Gasteiger partial charge in [-0.15, -0.1) is 0 Å². The maximum atomic E-state index is 14.9. The minimum Gasteiger partial charge on any atom is -0.353 e. The van der Waals surface area contributed by atoms with Crippen molar-refractivity contribution >= 4 is 22.3 Å². The molecule has 0 radical (unpaired) electrons. The molecule has 4 aromatic rings. The molecule has 0 saturated carbocycles. The van der Waals surface area contributed by atoms with Gasteiger partial charge < -0.3 is 5.32 Å². The molecule has 2 N–H and O–H groups in total. The molecule has 0 unspecified atom stereocenters. The van der Waals surface area contributed by atoms with E-state index in [2.05, 4.69) is 32.0 Å². The van der Waals surface area contributed by atoms with E-state index in [1.165, 1.54) is 12.5 Å². The van der Waals surface area contributed by atoms with E-state index >= 15 is 0 Å². The number of aromatic nitrogens is 3. The Morgan fingerprint density at radius 3 is 2.68 bits per heavy atom. The summed E-state index contributed by atoms with van der Waals surface area (Å²) in [5.41, 5.74) is 5.32. The molecule has 0 aliphatic carbocycles. The zero-order chi connectivity index (χ0) is 23.7. The Kier molecular flexibility index (Phi) is 6.11.